The molecule has 5 nitrogen and oxygen atoms in total. The molecule has 1 aromatic rings. The molecule has 3 aliphatic rings. The number of para-hydroxylation sites is 1. The first-order valence-corrected chi connectivity index (χ1v) is 11.0. The Labute approximate surface area is 192 Å². The van der Waals surface area contributed by atoms with E-state index in [2.05, 4.69) is 41.8 Å². The number of nitrogens with zero attached hydrogens (tertiary/aromatic N) is 1. The van der Waals surface area contributed by atoms with Crippen LogP contribution in [0.1, 0.15) is 69.9 Å². The highest BCUT2D eigenvalue weighted by Gasteiger charge is 2.44. The van der Waals surface area contributed by atoms with E-state index in [0.717, 1.165) is 57.1 Å². The molecule has 1 atom stereocenters. The van der Waals surface area contributed by atoms with Gasteiger partial charge in [0.05, 0.1) is 6.04 Å². The van der Waals surface area contributed by atoms with Gasteiger partial charge in [-0.1, -0.05) is 18.2 Å². The normalized spacial score (nSPS) is 23.7. The number of nitrogens with one attached hydrogen (secondary N) is 2. The van der Waals surface area contributed by atoms with Crippen molar-refractivity contribution in [3.05, 3.63) is 29.8 Å². The van der Waals surface area contributed by atoms with Gasteiger partial charge in [-0.3, -0.25) is 4.99 Å². The highest BCUT2D eigenvalue weighted by atomic mass is 127. The zero-order valence-electron chi connectivity index (χ0n) is 17.8. The van der Waals surface area contributed by atoms with Crippen LogP contribution in [-0.2, 0) is 4.74 Å². The van der Waals surface area contributed by atoms with Crippen LogP contribution in [0.4, 0.5) is 0 Å². The third kappa shape index (κ3) is 5.37. The minimum Gasteiger partial charge on any atom is -0.487 e. The number of aliphatic imine (C=N–C) groups is 1. The van der Waals surface area contributed by atoms with Gasteiger partial charge in [0.15, 0.2) is 5.96 Å². The number of hydrogen-bond donors (Lipinski definition) is 2. The fraction of sp³-hybridized carbons (Fsp3) is 0.696. The van der Waals surface area contributed by atoms with Crippen molar-refractivity contribution in [3.63, 3.8) is 0 Å². The van der Waals surface area contributed by atoms with Crippen LogP contribution in [0.2, 0.25) is 0 Å². The van der Waals surface area contributed by atoms with Gasteiger partial charge in [-0.05, 0) is 63.4 Å². The molecule has 0 saturated heterocycles. The van der Waals surface area contributed by atoms with Crippen molar-refractivity contribution in [2.24, 2.45) is 10.4 Å². The summed E-state index contributed by atoms with van der Waals surface area (Å²) in [5, 5.41) is 7.21. The smallest absolute Gasteiger partial charge is 0.191 e. The van der Waals surface area contributed by atoms with Gasteiger partial charge in [0.2, 0.25) is 0 Å². The predicted octanol–water partition coefficient (Wildman–Crippen LogP) is 4.81. The lowest BCUT2D eigenvalue weighted by molar-refractivity contribution is 0.0396. The van der Waals surface area contributed by atoms with E-state index in [1.807, 2.05) is 0 Å². The number of guanidine groups is 1. The number of benzene rings is 1. The highest BCUT2D eigenvalue weighted by molar-refractivity contribution is 14.0. The fourth-order valence-electron chi connectivity index (χ4n) is 4.79. The number of ether oxygens (including phenoxy) is 2. The van der Waals surface area contributed by atoms with Crippen molar-refractivity contribution in [2.75, 3.05) is 26.8 Å². The summed E-state index contributed by atoms with van der Waals surface area (Å²) >= 11 is 0. The molecular weight excluding hydrogens is 477 g/mol. The van der Waals surface area contributed by atoms with Crippen LogP contribution in [0.3, 0.4) is 0 Å². The van der Waals surface area contributed by atoms with Crippen molar-refractivity contribution < 1.29 is 9.47 Å². The monoisotopic (exact) mass is 513 g/mol. The summed E-state index contributed by atoms with van der Waals surface area (Å²) in [6.45, 7) is 4.70. The Balaban J connectivity index is 0.00000240. The number of halogens is 1. The van der Waals surface area contributed by atoms with E-state index >= 15 is 0 Å². The number of rotatable bonds is 7. The molecule has 1 unspecified atom stereocenters. The fourth-order valence-corrected chi connectivity index (χ4v) is 4.79. The maximum atomic E-state index is 6.51. The first-order valence-electron chi connectivity index (χ1n) is 11.0. The lowest BCUT2D eigenvalue weighted by atomic mass is 9.86. The Morgan fingerprint density at radius 1 is 1.21 bits per heavy atom. The summed E-state index contributed by atoms with van der Waals surface area (Å²) in [5.74, 6) is 1.98. The molecule has 29 heavy (non-hydrogen) atoms. The predicted molar refractivity (Wildman–Crippen MR) is 128 cm³/mol. The molecule has 4 rings (SSSR count). The van der Waals surface area contributed by atoms with Crippen molar-refractivity contribution in [3.8, 4) is 5.75 Å². The van der Waals surface area contributed by atoms with Crippen LogP contribution >= 0.6 is 24.0 Å². The van der Waals surface area contributed by atoms with Crippen molar-refractivity contribution in [1.29, 1.82) is 0 Å². The average molecular weight is 513 g/mol. The first kappa shape index (κ1) is 22.7. The van der Waals surface area contributed by atoms with Gasteiger partial charge in [0, 0.05) is 38.8 Å². The van der Waals surface area contributed by atoms with Crippen LogP contribution in [-0.4, -0.2) is 38.4 Å². The quantitative estimate of drug-likeness (QED) is 0.312. The highest BCUT2D eigenvalue weighted by Crippen LogP contribution is 2.49. The third-order valence-corrected chi connectivity index (χ3v) is 6.73. The molecule has 2 aliphatic carbocycles. The van der Waals surface area contributed by atoms with Gasteiger partial charge < -0.3 is 20.1 Å². The Morgan fingerprint density at radius 3 is 2.66 bits per heavy atom. The Kier molecular flexibility index (Phi) is 7.70. The van der Waals surface area contributed by atoms with Gasteiger partial charge in [0.25, 0.3) is 0 Å². The van der Waals surface area contributed by atoms with E-state index in [9.17, 15) is 0 Å². The molecule has 1 aliphatic heterocycles. The van der Waals surface area contributed by atoms with E-state index in [1.54, 1.807) is 7.11 Å². The maximum absolute atomic E-state index is 6.51. The van der Waals surface area contributed by atoms with Crippen LogP contribution < -0.4 is 15.4 Å². The average Bonchev–Trinajstić information content (AvgIpc) is 3.35. The molecule has 2 N–H and O–H groups in total. The van der Waals surface area contributed by atoms with E-state index < -0.39 is 0 Å². The molecule has 0 aromatic heterocycles. The first-order chi connectivity index (χ1) is 13.7. The van der Waals surface area contributed by atoms with Crippen LogP contribution in [0.25, 0.3) is 0 Å². The summed E-state index contributed by atoms with van der Waals surface area (Å²) in [7, 11) is 1.78. The van der Waals surface area contributed by atoms with E-state index in [1.165, 1.54) is 31.2 Å². The van der Waals surface area contributed by atoms with Crippen molar-refractivity contribution in [2.45, 2.75) is 69.9 Å². The summed E-state index contributed by atoms with van der Waals surface area (Å²) in [6, 6.07) is 8.75. The molecule has 0 amide bonds. The van der Waals surface area contributed by atoms with E-state index in [4.69, 9.17) is 14.5 Å². The summed E-state index contributed by atoms with van der Waals surface area (Å²) in [4.78, 5) is 4.98. The summed E-state index contributed by atoms with van der Waals surface area (Å²) < 4.78 is 11.8. The molecule has 162 valence electrons. The largest absolute Gasteiger partial charge is 0.487 e. The molecule has 1 spiro atoms. The standard InChI is InChI=1S/C23H35N3O2.HI/c1-3-24-21(25-17-22(12-13-22)14-15-27-2)26-19-16-23(10-6-7-11-23)28-20-9-5-4-8-18(19)20;/h4-5,8-9,19H,3,6-7,10-17H2,1-2H3,(H2,24,25,26);1H. The second-order valence-corrected chi connectivity index (χ2v) is 8.87. The minimum atomic E-state index is -0.000472. The number of methoxy groups -OCH3 is 1. The molecular formula is C23H36IN3O2. The van der Waals surface area contributed by atoms with Gasteiger partial charge in [-0.15, -0.1) is 24.0 Å². The van der Waals surface area contributed by atoms with Crippen LogP contribution in [0.5, 0.6) is 5.75 Å². The summed E-state index contributed by atoms with van der Waals surface area (Å²) in [5.41, 5.74) is 1.61. The lowest BCUT2D eigenvalue weighted by Crippen LogP contribution is -2.46. The van der Waals surface area contributed by atoms with Gasteiger partial charge in [-0.2, -0.15) is 0 Å². The Bertz CT molecular complexity index is 699. The topological polar surface area (TPSA) is 54.9 Å². The molecule has 0 bridgehead atoms. The van der Waals surface area contributed by atoms with Crippen molar-refractivity contribution in [1.82, 2.24) is 10.6 Å². The lowest BCUT2D eigenvalue weighted by Gasteiger charge is -2.40. The zero-order valence-corrected chi connectivity index (χ0v) is 20.2. The minimum absolute atomic E-state index is 0. The molecule has 1 heterocycles. The zero-order chi connectivity index (χ0) is 19.5. The molecule has 2 fully saturated rings. The van der Waals surface area contributed by atoms with Crippen LogP contribution in [0.15, 0.2) is 29.3 Å². The van der Waals surface area contributed by atoms with Crippen LogP contribution in [0, 0.1) is 5.41 Å². The number of hydrogen-bond acceptors (Lipinski definition) is 3. The molecule has 2 saturated carbocycles. The molecule has 1 aromatic carbocycles. The SMILES string of the molecule is CCNC(=NCC1(CCOC)CC1)NC1CC2(CCCC2)Oc2ccccc21.I. The molecule has 0 radical (unpaired) electrons. The second-order valence-electron chi connectivity index (χ2n) is 8.87. The summed E-state index contributed by atoms with van der Waals surface area (Å²) in [6.07, 6.45) is 9.51. The van der Waals surface area contributed by atoms with Gasteiger partial charge in [0.1, 0.15) is 11.4 Å². The van der Waals surface area contributed by atoms with E-state index in [0.29, 0.717) is 5.41 Å². The maximum Gasteiger partial charge on any atom is 0.191 e. The Morgan fingerprint density at radius 2 is 1.97 bits per heavy atom. The van der Waals surface area contributed by atoms with Crippen molar-refractivity contribution >= 4 is 29.9 Å². The Hall–Kier alpha value is -1.02. The van der Waals surface area contributed by atoms with Gasteiger partial charge >= 0.3 is 0 Å². The molecule has 6 heteroatoms. The third-order valence-electron chi connectivity index (χ3n) is 6.73. The second kappa shape index (κ2) is 9.86. The number of fused-ring (bicyclic) bond motifs is 1. The van der Waals surface area contributed by atoms with Gasteiger partial charge in [-0.25, -0.2) is 0 Å². The van der Waals surface area contributed by atoms with E-state index in [-0.39, 0.29) is 35.6 Å².